The first kappa shape index (κ1) is 15.2. The van der Waals surface area contributed by atoms with Gasteiger partial charge < -0.3 is 10.6 Å². The molecule has 3 unspecified atom stereocenters. The molecule has 0 radical (unpaired) electrons. The highest BCUT2D eigenvalue weighted by atomic mass is 32.2. The smallest absolute Gasteiger partial charge is 0.221 e. The largest absolute Gasteiger partial charge is 0.353 e. The fourth-order valence-corrected chi connectivity index (χ4v) is 4.23. The van der Waals surface area contributed by atoms with Crippen LogP contribution in [0.3, 0.4) is 0 Å². The van der Waals surface area contributed by atoms with E-state index >= 15 is 0 Å². The van der Waals surface area contributed by atoms with Gasteiger partial charge in [-0.3, -0.25) is 4.79 Å². The third kappa shape index (κ3) is 4.99. The van der Waals surface area contributed by atoms with Gasteiger partial charge in [-0.15, -0.1) is 0 Å². The lowest BCUT2D eigenvalue weighted by atomic mass is 9.96. The zero-order chi connectivity index (χ0) is 13.5. The summed E-state index contributed by atoms with van der Waals surface area (Å²) in [5, 5.41) is 6.74. The fourth-order valence-electron chi connectivity index (χ4n) is 3.28. The van der Waals surface area contributed by atoms with Crippen molar-refractivity contribution in [3.8, 4) is 0 Å². The third-order valence-electron chi connectivity index (χ3n) is 4.36. The number of carbonyl (C=O) groups excluding carboxylic acids is 1. The van der Waals surface area contributed by atoms with E-state index < -0.39 is 0 Å². The van der Waals surface area contributed by atoms with E-state index in [4.69, 9.17) is 0 Å². The summed E-state index contributed by atoms with van der Waals surface area (Å²) in [5.74, 6) is 3.25. The van der Waals surface area contributed by atoms with Gasteiger partial charge in [-0.2, -0.15) is 11.8 Å². The molecule has 0 aromatic carbocycles. The second kappa shape index (κ2) is 8.15. The standard InChI is InChI=1S/C15H28N2OS/c1-2-3-5-12-6-4-7-14(12)17-15(18)10-13-11-19-9-8-16-13/h12-14,16H,2-11H2,1H3,(H,17,18). The van der Waals surface area contributed by atoms with Crippen LogP contribution in [0.2, 0.25) is 0 Å². The van der Waals surface area contributed by atoms with Crippen LogP contribution in [0.5, 0.6) is 0 Å². The minimum absolute atomic E-state index is 0.258. The van der Waals surface area contributed by atoms with Crippen LogP contribution in [0.25, 0.3) is 0 Å². The summed E-state index contributed by atoms with van der Waals surface area (Å²) in [6.07, 6.45) is 8.30. The summed E-state index contributed by atoms with van der Waals surface area (Å²) < 4.78 is 0. The quantitative estimate of drug-likeness (QED) is 0.787. The zero-order valence-corrected chi connectivity index (χ0v) is 12.9. The Balaban J connectivity index is 1.71. The Labute approximate surface area is 121 Å². The first-order valence-corrected chi connectivity index (χ1v) is 9.05. The van der Waals surface area contributed by atoms with Crippen LogP contribution in [0.15, 0.2) is 0 Å². The first-order chi connectivity index (χ1) is 9.29. The predicted molar refractivity (Wildman–Crippen MR) is 82.5 cm³/mol. The molecule has 1 saturated carbocycles. The molecular weight excluding hydrogens is 256 g/mol. The summed E-state index contributed by atoms with van der Waals surface area (Å²) in [6, 6.07) is 0.838. The van der Waals surface area contributed by atoms with Crippen molar-refractivity contribution in [2.24, 2.45) is 5.92 Å². The Morgan fingerprint density at radius 2 is 2.32 bits per heavy atom. The molecule has 0 aromatic heterocycles. The molecule has 2 N–H and O–H groups in total. The van der Waals surface area contributed by atoms with E-state index in [0.29, 0.717) is 18.5 Å². The maximum Gasteiger partial charge on any atom is 0.221 e. The van der Waals surface area contributed by atoms with Gasteiger partial charge in [-0.05, 0) is 25.2 Å². The highest BCUT2D eigenvalue weighted by Crippen LogP contribution is 2.30. The molecule has 1 saturated heterocycles. The van der Waals surface area contributed by atoms with Crippen LogP contribution in [-0.2, 0) is 4.79 Å². The van der Waals surface area contributed by atoms with E-state index in [1.165, 1.54) is 44.3 Å². The molecule has 1 aliphatic carbocycles. The molecule has 1 heterocycles. The van der Waals surface area contributed by atoms with Crippen LogP contribution in [-0.4, -0.2) is 36.0 Å². The van der Waals surface area contributed by atoms with Crippen molar-refractivity contribution >= 4 is 17.7 Å². The Morgan fingerprint density at radius 1 is 1.42 bits per heavy atom. The van der Waals surface area contributed by atoms with E-state index in [9.17, 15) is 4.79 Å². The SMILES string of the molecule is CCCCC1CCCC1NC(=O)CC1CSCCN1. The highest BCUT2D eigenvalue weighted by molar-refractivity contribution is 7.99. The van der Waals surface area contributed by atoms with Gasteiger partial charge in [0.1, 0.15) is 0 Å². The maximum absolute atomic E-state index is 12.1. The van der Waals surface area contributed by atoms with Gasteiger partial charge in [-0.25, -0.2) is 0 Å². The minimum Gasteiger partial charge on any atom is -0.353 e. The number of amides is 1. The molecule has 0 spiro atoms. The Morgan fingerprint density at radius 3 is 3.05 bits per heavy atom. The molecule has 2 aliphatic rings. The molecule has 19 heavy (non-hydrogen) atoms. The average Bonchev–Trinajstić information content (AvgIpc) is 2.84. The van der Waals surface area contributed by atoms with Crippen molar-refractivity contribution in [3.05, 3.63) is 0 Å². The van der Waals surface area contributed by atoms with Crippen molar-refractivity contribution in [2.45, 2.75) is 64.0 Å². The topological polar surface area (TPSA) is 41.1 Å². The molecule has 1 aliphatic heterocycles. The number of thioether (sulfide) groups is 1. The Bertz CT molecular complexity index is 279. The van der Waals surface area contributed by atoms with Gasteiger partial charge in [-0.1, -0.05) is 26.2 Å². The van der Waals surface area contributed by atoms with E-state index in [-0.39, 0.29) is 5.91 Å². The number of nitrogens with one attached hydrogen (secondary N) is 2. The van der Waals surface area contributed by atoms with Crippen molar-refractivity contribution in [1.82, 2.24) is 10.6 Å². The number of unbranched alkanes of at least 4 members (excludes halogenated alkanes) is 1. The number of hydrogen-bond donors (Lipinski definition) is 2. The van der Waals surface area contributed by atoms with Gasteiger partial charge in [0, 0.05) is 36.6 Å². The summed E-state index contributed by atoms with van der Waals surface area (Å²) in [5.41, 5.74) is 0. The molecule has 1 amide bonds. The van der Waals surface area contributed by atoms with Crippen LogP contribution >= 0.6 is 11.8 Å². The lowest BCUT2D eigenvalue weighted by Gasteiger charge is -2.25. The van der Waals surface area contributed by atoms with Gasteiger partial charge in [0.05, 0.1) is 0 Å². The average molecular weight is 284 g/mol. The Kier molecular flexibility index (Phi) is 6.51. The number of carbonyl (C=O) groups is 1. The second-order valence-electron chi connectivity index (χ2n) is 5.94. The van der Waals surface area contributed by atoms with E-state index in [0.717, 1.165) is 18.2 Å². The Hall–Kier alpha value is -0.220. The third-order valence-corrected chi connectivity index (χ3v) is 5.50. The van der Waals surface area contributed by atoms with Gasteiger partial charge in [0.15, 0.2) is 0 Å². The predicted octanol–water partition coefficient (Wildman–Crippen LogP) is 2.56. The molecule has 3 atom stereocenters. The van der Waals surface area contributed by atoms with Crippen LogP contribution in [0.1, 0.15) is 51.9 Å². The van der Waals surface area contributed by atoms with Crippen molar-refractivity contribution in [2.75, 3.05) is 18.1 Å². The van der Waals surface area contributed by atoms with Crippen molar-refractivity contribution in [1.29, 1.82) is 0 Å². The maximum atomic E-state index is 12.1. The minimum atomic E-state index is 0.258. The summed E-state index contributed by atoms with van der Waals surface area (Å²) >= 11 is 1.96. The van der Waals surface area contributed by atoms with Gasteiger partial charge in [0.25, 0.3) is 0 Å². The van der Waals surface area contributed by atoms with Crippen molar-refractivity contribution in [3.63, 3.8) is 0 Å². The van der Waals surface area contributed by atoms with E-state index in [1.807, 2.05) is 11.8 Å². The van der Waals surface area contributed by atoms with Crippen molar-refractivity contribution < 1.29 is 4.79 Å². The highest BCUT2D eigenvalue weighted by Gasteiger charge is 2.28. The number of hydrogen-bond acceptors (Lipinski definition) is 3. The van der Waals surface area contributed by atoms with E-state index in [2.05, 4.69) is 17.6 Å². The van der Waals surface area contributed by atoms with E-state index in [1.54, 1.807) is 0 Å². The molecule has 2 rings (SSSR count). The van der Waals surface area contributed by atoms with Crippen LogP contribution in [0.4, 0.5) is 0 Å². The lowest BCUT2D eigenvalue weighted by molar-refractivity contribution is -0.122. The normalized spacial score (nSPS) is 31.3. The molecule has 3 nitrogen and oxygen atoms in total. The number of rotatable bonds is 6. The lowest BCUT2D eigenvalue weighted by Crippen LogP contribution is -2.44. The summed E-state index contributed by atoms with van der Waals surface area (Å²) in [4.78, 5) is 12.1. The second-order valence-corrected chi connectivity index (χ2v) is 7.09. The first-order valence-electron chi connectivity index (χ1n) is 7.90. The molecule has 2 fully saturated rings. The molecular formula is C15H28N2OS. The molecule has 4 heteroatoms. The van der Waals surface area contributed by atoms with Gasteiger partial charge in [0.2, 0.25) is 5.91 Å². The molecule has 0 aromatic rings. The zero-order valence-electron chi connectivity index (χ0n) is 12.1. The summed E-state index contributed by atoms with van der Waals surface area (Å²) in [6.45, 7) is 3.29. The van der Waals surface area contributed by atoms with Crippen LogP contribution in [0, 0.1) is 5.92 Å². The molecule has 0 bridgehead atoms. The van der Waals surface area contributed by atoms with Gasteiger partial charge >= 0.3 is 0 Å². The monoisotopic (exact) mass is 284 g/mol. The van der Waals surface area contributed by atoms with Crippen LogP contribution < -0.4 is 10.6 Å². The fraction of sp³-hybridized carbons (Fsp3) is 0.933. The molecule has 110 valence electrons. The summed E-state index contributed by atoms with van der Waals surface area (Å²) in [7, 11) is 0.